The van der Waals surface area contributed by atoms with Gasteiger partial charge in [0.2, 0.25) is 11.8 Å². The smallest absolute Gasteiger partial charge is 0.242 e. The maximum Gasteiger partial charge on any atom is 0.242 e. The molecule has 1 aliphatic rings. The Morgan fingerprint density at radius 2 is 1.96 bits per heavy atom. The Bertz CT molecular complexity index is 928. The Morgan fingerprint density at radius 1 is 1.25 bits per heavy atom. The first-order valence-corrected chi connectivity index (χ1v) is 10.3. The molecular weight excluding hydrogens is 394 g/mol. The van der Waals surface area contributed by atoms with Crippen LogP contribution in [-0.4, -0.2) is 34.2 Å². The second kappa shape index (κ2) is 8.80. The first kappa shape index (κ1) is 20.4. The average molecular weight is 416 g/mol. The molecule has 0 unspecified atom stereocenters. The minimum Gasteiger partial charge on any atom is -0.326 e. The van der Waals surface area contributed by atoms with E-state index < -0.39 is 5.25 Å². The third kappa shape index (κ3) is 4.56. The van der Waals surface area contributed by atoms with Crippen molar-refractivity contribution < 1.29 is 9.59 Å². The molecule has 2 aromatic rings. The van der Waals surface area contributed by atoms with Crippen molar-refractivity contribution in [3.05, 3.63) is 58.6 Å². The number of thioether (sulfide) groups is 1. The van der Waals surface area contributed by atoms with E-state index in [1.165, 1.54) is 22.2 Å². The number of aliphatic imine (C=N–C) groups is 1. The lowest BCUT2D eigenvalue weighted by molar-refractivity contribution is -0.127. The van der Waals surface area contributed by atoms with Gasteiger partial charge in [-0.05, 0) is 48.7 Å². The van der Waals surface area contributed by atoms with Crippen LogP contribution < -0.4 is 5.32 Å². The van der Waals surface area contributed by atoms with Crippen LogP contribution in [0, 0.1) is 6.92 Å². The first-order valence-electron chi connectivity index (χ1n) is 9.06. The maximum absolute atomic E-state index is 12.5. The molecule has 1 fully saturated rings. The van der Waals surface area contributed by atoms with Gasteiger partial charge < -0.3 is 5.32 Å². The Morgan fingerprint density at radius 3 is 2.64 bits per heavy atom. The number of halogens is 1. The number of carbonyl (C=O) groups excluding carboxylic acids is 2. The summed E-state index contributed by atoms with van der Waals surface area (Å²) in [5, 5.41) is 3.55. The van der Waals surface area contributed by atoms with E-state index in [1.54, 1.807) is 25.2 Å². The molecule has 28 heavy (non-hydrogen) atoms. The van der Waals surface area contributed by atoms with E-state index in [0.717, 1.165) is 17.7 Å². The van der Waals surface area contributed by atoms with Crippen LogP contribution in [0.3, 0.4) is 0 Å². The van der Waals surface area contributed by atoms with Crippen molar-refractivity contribution in [2.24, 2.45) is 4.99 Å². The molecule has 5 nitrogen and oxygen atoms in total. The Labute approximate surface area is 174 Å². The zero-order valence-corrected chi connectivity index (χ0v) is 17.6. The Hall–Kier alpha value is -2.31. The van der Waals surface area contributed by atoms with E-state index in [2.05, 4.69) is 17.2 Å². The van der Waals surface area contributed by atoms with Gasteiger partial charge >= 0.3 is 0 Å². The molecule has 7 heteroatoms. The highest BCUT2D eigenvalue weighted by Gasteiger charge is 2.37. The van der Waals surface area contributed by atoms with E-state index in [9.17, 15) is 9.59 Å². The lowest BCUT2D eigenvalue weighted by atomic mass is 10.2. The maximum atomic E-state index is 12.5. The zero-order valence-electron chi connectivity index (χ0n) is 16.0. The van der Waals surface area contributed by atoms with Crippen LogP contribution in [0.4, 0.5) is 11.4 Å². The van der Waals surface area contributed by atoms with Crippen molar-refractivity contribution in [2.45, 2.75) is 31.9 Å². The monoisotopic (exact) mass is 415 g/mol. The summed E-state index contributed by atoms with van der Waals surface area (Å²) in [6.07, 6.45) is 1.04. The summed E-state index contributed by atoms with van der Waals surface area (Å²) in [6.45, 7) is 3.94. The average Bonchev–Trinajstić information content (AvgIpc) is 2.94. The molecule has 1 saturated heterocycles. The molecule has 1 N–H and O–H groups in total. The molecule has 3 rings (SSSR count). The van der Waals surface area contributed by atoms with E-state index in [-0.39, 0.29) is 18.2 Å². The molecule has 1 atom stereocenters. The number of carbonyl (C=O) groups is 2. The topological polar surface area (TPSA) is 61.8 Å². The van der Waals surface area contributed by atoms with Crippen molar-refractivity contribution in [3.63, 3.8) is 0 Å². The predicted octanol–water partition coefficient (Wildman–Crippen LogP) is 4.80. The Kier molecular flexibility index (Phi) is 6.42. The minimum absolute atomic E-state index is 0.0770. The molecule has 1 heterocycles. The van der Waals surface area contributed by atoms with Crippen LogP contribution >= 0.6 is 23.4 Å². The molecule has 0 spiro atoms. The van der Waals surface area contributed by atoms with Crippen molar-refractivity contribution in [3.8, 4) is 0 Å². The summed E-state index contributed by atoms with van der Waals surface area (Å²) in [4.78, 5) is 31.1. The Balaban J connectivity index is 1.68. The van der Waals surface area contributed by atoms with Crippen LogP contribution in [-0.2, 0) is 16.0 Å². The summed E-state index contributed by atoms with van der Waals surface area (Å²) >= 11 is 7.41. The molecule has 146 valence electrons. The van der Waals surface area contributed by atoms with Crippen LogP contribution in [0.1, 0.15) is 24.5 Å². The lowest BCUT2D eigenvalue weighted by Gasteiger charge is -2.11. The summed E-state index contributed by atoms with van der Waals surface area (Å²) in [5.74, 6) is -0.343. The van der Waals surface area contributed by atoms with Gasteiger partial charge in [-0.3, -0.25) is 14.5 Å². The summed E-state index contributed by atoms with van der Waals surface area (Å²) in [7, 11) is 1.69. The number of hydrogen-bond donors (Lipinski definition) is 1. The van der Waals surface area contributed by atoms with Gasteiger partial charge in [0.15, 0.2) is 5.17 Å². The van der Waals surface area contributed by atoms with Crippen LogP contribution in [0.15, 0.2) is 47.5 Å². The second-order valence-electron chi connectivity index (χ2n) is 6.58. The summed E-state index contributed by atoms with van der Waals surface area (Å²) in [5.41, 5.74) is 3.49. The molecule has 0 aromatic heterocycles. The number of benzene rings is 2. The SMILES string of the molecule is CCc1ccc(N=C2S[C@H](CC(=O)Nc3cccc(Cl)c3C)C(=O)N2C)cc1. The van der Waals surface area contributed by atoms with Gasteiger partial charge in [0.1, 0.15) is 5.25 Å². The van der Waals surface area contributed by atoms with Crippen LogP contribution in [0.25, 0.3) is 0 Å². The van der Waals surface area contributed by atoms with Crippen LogP contribution in [0.5, 0.6) is 0 Å². The molecular formula is C21H22ClN3O2S. The normalized spacial score (nSPS) is 18.0. The van der Waals surface area contributed by atoms with Gasteiger partial charge in [0.25, 0.3) is 0 Å². The molecule has 1 aliphatic heterocycles. The third-order valence-corrected chi connectivity index (χ3v) is 6.26. The van der Waals surface area contributed by atoms with Gasteiger partial charge in [0, 0.05) is 24.2 Å². The predicted molar refractivity (Wildman–Crippen MR) is 116 cm³/mol. The third-order valence-electron chi connectivity index (χ3n) is 4.62. The molecule has 0 bridgehead atoms. The van der Waals surface area contributed by atoms with Crippen LogP contribution in [0.2, 0.25) is 5.02 Å². The standard InChI is InChI=1S/C21H22ClN3O2S/c1-4-14-8-10-15(11-9-14)23-21-25(3)20(27)18(28-21)12-19(26)24-17-7-5-6-16(22)13(17)2/h5-11,18H,4,12H2,1-3H3,(H,24,26)/t18-/m1/s1. The van der Waals surface area contributed by atoms with Gasteiger partial charge in [-0.2, -0.15) is 0 Å². The van der Waals surface area contributed by atoms with E-state index in [4.69, 9.17) is 11.6 Å². The van der Waals surface area contributed by atoms with E-state index in [1.807, 2.05) is 31.2 Å². The van der Waals surface area contributed by atoms with Gasteiger partial charge in [-0.25, -0.2) is 4.99 Å². The van der Waals surface area contributed by atoms with E-state index in [0.29, 0.717) is 15.9 Å². The number of nitrogens with one attached hydrogen (secondary N) is 1. The summed E-state index contributed by atoms with van der Waals surface area (Å²) < 4.78 is 0. The van der Waals surface area contributed by atoms with Crippen molar-refractivity contribution in [1.82, 2.24) is 4.90 Å². The van der Waals surface area contributed by atoms with Crippen molar-refractivity contribution in [2.75, 3.05) is 12.4 Å². The molecule has 0 radical (unpaired) electrons. The number of amides is 2. The highest BCUT2D eigenvalue weighted by molar-refractivity contribution is 8.15. The first-order chi connectivity index (χ1) is 13.4. The molecule has 2 aromatic carbocycles. The number of hydrogen-bond acceptors (Lipinski definition) is 4. The minimum atomic E-state index is -0.488. The zero-order chi connectivity index (χ0) is 20.3. The van der Waals surface area contributed by atoms with E-state index >= 15 is 0 Å². The highest BCUT2D eigenvalue weighted by Crippen LogP contribution is 2.31. The van der Waals surface area contributed by atoms with Gasteiger partial charge in [0.05, 0.1) is 5.69 Å². The number of anilines is 1. The fraction of sp³-hybridized carbons (Fsp3) is 0.286. The van der Waals surface area contributed by atoms with Crippen molar-refractivity contribution in [1.29, 1.82) is 0 Å². The number of aryl methyl sites for hydroxylation is 1. The van der Waals surface area contributed by atoms with Gasteiger partial charge in [-0.1, -0.05) is 48.5 Å². The highest BCUT2D eigenvalue weighted by atomic mass is 35.5. The largest absolute Gasteiger partial charge is 0.326 e. The fourth-order valence-electron chi connectivity index (χ4n) is 2.83. The molecule has 2 amide bonds. The fourth-order valence-corrected chi connectivity index (χ4v) is 4.16. The summed E-state index contributed by atoms with van der Waals surface area (Å²) in [6, 6.07) is 13.3. The number of amidine groups is 1. The second-order valence-corrected chi connectivity index (χ2v) is 8.16. The lowest BCUT2D eigenvalue weighted by Crippen LogP contribution is -2.30. The van der Waals surface area contributed by atoms with Crippen molar-refractivity contribution >= 4 is 51.7 Å². The van der Waals surface area contributed by atoms with Gasteiger partial charge in [-0.15, -0.1) is 0 Å². The quantitative estimate of drug-likeness (QED) is 0.762. The number of nitrogens with zero attached hydrogens (tertiary/aromatic N) is 2. The number of rotatable bonds is 5. The molecule has 0 aliphatic carbocycles. The molecule has 0 saturated carbocycles.